The number of nitrogens with one attached hydrogen (secondary N) is 2. The number of amides is 2. The number of nitrogens with zero attached hydrogens (tertiary/aromatic N) is 1. The van der Waals surface area contributed by atoms with Gasteiger partial charge in [-0.1, -0.05) is 66.7 Å². The fourth-order valence-electron chi connectivity index (χ4n) is 4.85. The average Bonchev–Trinajstić information content (AvgIpc) is 3.04. The summed E-state index contributed by atoms with van der Waals surface area (Å²) >= 11 is 0. The number of halogens is 3. The van der Waals surface area contributed by atoms with Crippen LogP contribution in [0.15, 0.2) is 96.0 Å². The zero-order valence-corrected chi connectivity index (χ0v) is 24.9. The molecule has 4 aromatic carbocycles. The van der Waals surface area contributed by atoms with Crippen molar-refractivity contribution in [1.29, 1.82) is 0 Å². The lowest BCUT2D eigenvalue weighted by Crippen LogP contribution is -2.49. The molecule has 0 aromatic heterocycles. The number of fused-ring (bicyclic) bond motifs is 1. The van der Waals surface area contributed by atoms with Crippen molar-refractivity contribution < 1.29 is 27.6 Å². The maximum absolute atomic E-state index is 13.5. The molecule has 12 heteroatoms. The molecule has 9 nitrogen and oxygen atoms in total. The van der Waals surface area contributed by atoms with Crippen molar-refractivity contribution in [1.82, 2.24) is 10.6 Å². The van der Waals surface area contributed by atoms with Gasteiger partial charge in [0.25, 0.3) is 5.91 Å². The first-order valence-corrected chi connectivity index (χ1v) is 14.6. The van der Waals surface area contributed by atoms with E-state index in [1.165, 1.54) is 0 Å². The summed E-state index contributed by atoms with van der Waals surface area (Å²) in [5.74, 6) is -1.44. The fourth-order valence-corrected chi connectivity index (χ4v) is 4.85. The van der Waals surface area contributed by atoms with E-state index in [4.69, 9.17) is 17.2 Å². The van der Waals surface area contributed by atoms with Crippen LogP contribution in [0, 0.1) is 0 Å². The van der Waals surface area contributed by atoms with E-state index in [1.807, 2.05) is 42.5 Å². The number of aliphatic imine (C=N–C) groups is 1. The summed E-state index contributed by atoms with van der Waals surface area (Å²) < 4.78 is 38.4. The summed E-state index contributed by atoms with van der Waals surface area (Å²) in [6, 6.07) is 22.3. The van der Waals surface area contributed by atoms with Crippen molar-refractivity contribution in [2.24, 2.45) is 22.2 Å². The fraction of sp³-hybridized carbons (Fsp3) is 0.235. The van der Waals surface area contributed by atoms with Crippen LogP contribution in [-0.2, 0) is 23.9 Å². The molecule has 0 aliphatic carbocycles. The Morgan fingerprint density at radius 3 is 2.09 bits per heavy atom. The highest BCUT2D eigenvalue weighted by Gasteiger charge is 2.30. The number of guanidine groups is 1. The Bertz CT molecular complexity index is 1700. The van der Waals surface area contributed by atoms with E-state index < -0.39 is 35.6 Å². The normalized spacial score (nSPS) is 12.6. The topological polar surface area (TPSA) is 166 Å². The van der Waals surface area contributed by atoms with Crippen molar-refractivity contribution in [3.8, 4) is 0 Å². The average molecular weight is 633 g/mol. The first-order valence-electron chi connectivity index (χ1n) is 14.6. The van der Waals surface area contributed by atoms with Crippen LogP contribution < -0.4 is 27.8 Å². The molecule has 0 spiro atoms. The third kappa shape index (κ3) is 9.38. The monoisotopic (exact) mass is 632 g/mol. The Morgan fingerprint density at radius 1 is 0.804 bits per heavy atom. The Hall–Kier alpha value is -5.23. The first-order chi connectivity index (χ1) is 21.9. The summed E-state index contributed by atoms with van der Waals surface area (Å²) in [5.41, 5.74) is 18.2. The molecule has 2 amide bonds. The molecule has 2 atom stereocenters. The third-order valence-electron chi connectivity index (χ3n) is 7.35. The molecule has 0 bridgehead atoms. The number of benzene rings is 4. The van der Waals surface area contributed by atoms with Crippen LogP contribution in [0.25, 0.3) is 10.8 Å². The zero-order chi connectivity index (χ0) is 33.3. The van der Waals surface area contributed by atoms with Crippen LogP contribution in [0.2, 0.25) is 0 Å². The molecular formula is C34H35F3N6O3. The molecule has 0 fully saturated rings. The number of alkyl halides is 3. The summed E-state index contributed by atoms with van der Waals surface area (Å²) in [6.07, 6.45) is -3.54. The molecule has 240 valence electrons. The lowest BCUT2D eigenvalue weighted by atomic mass is 9.97. The highest BCUT2D eigenvalue weighted by Crippen LogP contribution is 2.29. The van der Waals surface area contributed by atoms with Gasteiger partial charge in [-0.25, -0.2) is 0 Å². The third-order valence-corrected chi connectivity index (χ3v) is 7.35. The predicted molar refractivity (Wildman–Crippen MR) is 171 cm³/mol. The largest absolute Gasteiger partial charge is 0.416 e. The van der Waals surface area contributed by atoms with E-state index in [9.17, 15) is 27.6 Å². The molecule has 0 aliphatic rings. The number of rotatable bonds is 13. The quantitative estimate of drug-likeness (QED) is 0.0645. The Kier molecular flexibility index (Phi) is 11.1. The molecular weight excluding hydrogens is 597 g/mol. The molecule has 0 aliphatic heterocycles. The van der Waals surface area contributed by atoms with Crippen LogP contribution >= 0.6 is 0 Å². The minimum Gasteiger partial charge on any atom is -0.370 e. The van der Waals surface area contributed by atoms with Gasteiger partial charge in [0, 0.05) is 24.2 Å². The van der Waals surface area contributed by atoms with Crippen LogP contribution in [0.1, 0.15) is 50.2 Å². The van der Waals surface area contributed by atoms with Gasteiger partial charge in [0.1, 0.15) is 0 Å². The van der Waals surface area contributed by atoms with Gasteiger partial charge in [-0.2, -0.15) is 13.2 Å². The SMILES string of the molecule is NC(N)=NCCC[C@H](NC(=O)[C@@H](N)Cc1ccc2ccccc2c1)C(=O)c1ccc(CNC(=O)c2ccc(C(F)(F)F)cc2)cc1. The second-order valence-corrected chi connectivity index (χ2v) is 10.8. The maximum atomic E-state index is 13.5. The van der Waals surface area contributed by atoms with Crippen LogP contribution in [0.5, 0.6) is 0 Å². The van der Waals surface area contributed by atoms with Gasteiger partial charge in [0.15, 0.2) is 11.7 Å². The smallest absolute Gasteiger partial charge is 0.370 e. The number of ketones is 1. The first kappa shape index (κ1) is 33.7. The molecule has 0 saturated carbocycles. The van der Waals surface area contributed by atoms with E-state index in [0.717, 1.165) is 40.6 Å². The van der Waals surface area contributed by atoms with Crippen molar-refractivity contribution in [3.63, 3.8) is 0 Å². The van der Waals surface area contributed by atoms with Gasteiger partial charge in [0.05, 0.1) is 17.6 Å². The van der Waals surface area contributed by atoms with Crippen molar-refractivity contribution in [3.05, 3.63) is 119 Å². The molecule has 46 heavy (non-hydrogen) atoms. The summed E-state index contributed by atoms with van der Waals surface area (Å²) in [4.78, 5) is 43.0. The Morgan fingerprint density at radius 2 is 1.43 bits per heavy atom. The maximum Gasteiger partial charge on any atom is 0.416 e. The Labute approximate surface area is 264 Å². The molecule has 0 unspecified atom stereocenters. The second-order valence-electron chi connectivity index (χ2n) is 10.8. The lowest BCUT2D eigenvalue weighted by molar-refractivity contribution is -0.137. The number of hydrogen-bond acceptors (Lipinski definition) is 5. The van der Waals surface area contributed by atoms with Crippen molar-refractivity contribution in [2.75, 3.05) is 6.54 Å². The van der Waals surface area contributed by atoms with Crippen LogP contribution in [-0.4, -0.2) is 42.2 Å². The molecule has 4 rings (SSSR count). The minimum atomic E-state index is -4.49. The molecule has 0 saturated heterocycles. The molecule has 4 aromatic rings. The summed E-state index contributed by atoms with van der Waals surface area (Å²) in [6.45, 7) is 0.347. The van der Waals surface area contributed by atoms with Crippen LogP contribution in [0.3, 0.4) is 0 Å². The standard InChI is InChI=1S/C34H35F3N6O3/c35-34(36,37)27-15-13-25(14-16-27)31(45)42-20-21-7-11-24(12-8-21)30(44)29(6-3-17-41-33(39)40)43-32(46)28(38)19-22-9-10-23-4-1-2-5-26(23)18-22/h1-2,4-5,7-16,18,28-29H,3,6,17,19-20,38H2,(H,42,45)(H,43,46)(H4,39,40,41)/t28-,29-/m0/s1. The lowest BCUT2D eigenvalue weighted by Gasteiger charge is -2.20. The van der Waals surface area contributed by atoms with Gasteiger partial charge in [-0.3, -0.25) is 19.4 Å². The van der Waals surface area contributed by atoms with Crippen molar-refractivity contribution in [2.45, 2.75) is 44.1 Å². The summed E-state index contributed by atoms with van der Waals surface area (Å²) in [7, 11) is 0. The van der Waals surface area contributed by atoms with Crippen molar-refractivity contribution >= 4 is 34.3 Å². The highest BCUT2D eigenvalue weighted by molar-refractivity contribution is 6.02. The van der Waals surface area contributed by atoms with Gasteiger partial charge >= 0.3 is 6.18 Å². The minimum absolute atomic E-state index is 0.0784. The number of hydrogen-bond donors (Lipinski definition) is 5. The molecule has 8 N–H and O–H groups in total. The van der Waals surface area contributed by atoms with Gasteiger partial charge in [0.2, 0.25) is 5.91 Å². The molecule has 0 heterocycles. The van der Waals surface area contributed by atoms with E-state index in [-0.39, 0.29) is 43.2 Å². The Balaban J connectivity index is 1.38. The molecule has 0 radical (unpaired) electrons. The number of carbonyl (C=O) groups excluding carboxylic acids is 3. The van der Waals surface area contributed by atoms with E-state index in [2.05, 4.69) is 15.6 Å². The summed E-state index contributed by atoms with van der Waals surface area (Å²) in [5, 5.41) is 7.55. The highest BCUT2D eigenvalue weighted by atomic mass is 19.4. The zero-order valence-electron chi connectivity index (χ0n) is 24.9. The number of carbonyl (C=O) groups is 3. The predicted octanol–water partition coefficient (Wildman–Crippen LogP) is 4.08. The van der Waals surface area contributed by atoms with E-state index >= 15 is 0 Å². The van der Waals surface area contributed by atoms with Gasteiger partial charge in [-0.05, 0) is 65.4 Å². The van der Waals surface area contributed by atoms with E-state index in [1.54, 1.807) is 24.3 Å². The van der Waals surface area contributed by atoms with Gasteiger partial charge in [-0.15, -0.1) is 0 Å². The van der Waals surface area contributed by atoms with Crippen LogP contribution in [0.4, 0.5) is 13.2 Å². The number of nitrogens with two attached hydrogens (primary N) is 3. The van der Waals surface area contributed by atoms with Gasteiger partial charge < -0.3 is 27.8 Å². The second kappa shape index (κ2) is 15.2. The number of Topliss-reactive ketones (excluding diaryl/α,β-unsaturated/α-hetero) is 1. The van der Waals surface area contributed by atoms with E-state index in [0.29, 0.717) is 17.5 Å².